The van der Waals surface area contributed by atoms with Gasteiger partial charge in [-0.1, -0.05) is 6.07 Å². The summed E-state index contributed by atoms with van der Waals surface area (Å²) in [4.78, 5) is 2.19. The molecule has 1 heterocycles. The Morgan fingerprint density at radius 2 is 2.28 bits per heavy atom. The molecule has 1 aromatic carbocycles. The predicted octanol–water partition coefficient (Wildman–Crippen LogP) is 2.18. The standard InChI is InChI=1S/C13H19FN2O.ClH/c1-17-13-6-2-5-12(14)11(13)9-16-7-3-4-10(15)8-16;/h2,5-6,10H,3-4,7-9,15H2,1H3;1H. The van der Waals surface area contributed by atoms with Gasteiger partial charge in [0.05, 0.1) is 7.11 Å². The first kappa shape index (κ1) is 15.2. The Balaban J connectivity index is 0.00000162. The van der Waals surface area contributed by atoms with Crippen LogP contribution in [0.4, 0.5) is 4.39 Å². The maximum absolute atomic E-state index is 13.8. The van der Waals surface area contributed by atoms with Crippen molar-refractivity contribution < 1.29 is 9.13 Å². The highest BCUT2D eigenvalue weighted by Gasteiger charge is 2.19. The summed E-state index contributed by atoms with van der Waals surface area (Å²) in [6.45, 7) is 2.38. The molecule has 0 aromatic heterocycles. The van der Waals surface area contributed by atoms with Gasteiger partial charge in [-0.3, -0.25) is 4.90 Å². The third-order valence-corrected chi connectivity index (χ3v) is 3.22. The van der Waals surface area contributed by atoms with E-state index in [9.17, 15) is 4.39 Å². The van der Waals surface area contributed by atoms with E-state index in [2.05, 4.69) is 4.90 Å². The van der Waals surface area contributed by atoms with Crippen LogP contribution >= 0.6 is 12.4 Å². The number of piperidine rings is 1. The summed E-state index contributed by atoms with van der Waals surface area (Å²) in [7, 11) is 1.57. The van der Waals surface area contributed by atoms with Crippen molar-refractivity contribution in [3.8, 4) is 5.75 Å². The zero-order valence-corrected chi connectivity index (χ0v) is 11.4. The van der Waals surface area contributed by atoms with Crippen molar-refractivity contribution in [3.05, 3.63) is 29.6 Å². The first-order chi connectivity index (χ1) is 8.20. The van der Waals surface area contributed by atoms with Crippen molar-refractivity contribution in [2.24, 2.45) is 5.73 Å². The summed E-state index contributed by atoms with van der Waals surface area (Å²) < 4.78 is 18.9. The summed E-state index contributed by atoms with van der Waals surface area (Å²) in [6, 6.07) is 5.14. The zero-order valence-electron chi connectivity index (χ0n) is 10.6. The molecule has 1 atom stereocenters. The van der Waals surface area contributed by atoms with Crippen LogP contribution in [0.5, 0.6) is 5.75 Å². The second-order valence-electron chi connectivity index (χ2n) is 4.56. The highest BCUT2D eigenvalue weighted by atomic mass is 35.5. The van der Waals surface area contributed by atoms with Gasteiger partial charge in [0.15, 0.2) is 0 Å². The van der Waals surface area contributed by atoms with Gasteiger partial charge in [-0.25, -0.2) is 4.39 Å². The molecule has 18 heavy (non-hydrogen) atoms. The van der Waals surface area contributed by atoms with Crippen LogP contribution in [0.1, 0.15) is 18.4 Å². The van der Waals surface area contributed by atoms with E-state index < -0.39 is 0 Å². The maximum atomic E-state index is 13.8. The molecule has 1 aliphatic heterocycles. The number of benzene rings is 1. The van der Waals surface area contributed by atoms with Gasteiger partial charge in [0.2, 0.25) is 0 Å². The lowest BCUT2D eigenvalue weighted by Crippen LogP contribution is -2.42. The van der Waals surface area contributed by atoms with Gasteiger partial charge in [0.1, 0.15) is 11.6 Å². The normalized spacial score (nSPS) is 20.3. The van der Waals surface area contributed by atoms with E-state index in [1.165, 1.54) is 6.07 Å². The van der Waals surface area contributed by atoms with Crippen molar-refractivity contribution in [2.75, 3.05) is 20.2 Å². The molecule has 2 N–H and O–H groups in total. The number of hydrogen-bond donors (Lipinski definition) is 1. The van der Waals surface area contributed by atoms with E-state index in [1.807, 2.05) is 0 Å². The third kappa shape index (κ3) is 3.57. The van der Waals surface area contributed by atoms with Gasteiger partial charge < -0.3 is 10.5 Å². The molecule has 0 bridgehead atoms. The largest absolute Gasteiger partial charge is 0.496 e. The number of methoxy groups -OCH3 is 1. The van der Waals surface area contributed by atoms with Crippen molar-refractivity contribution >= 4 is 12.4 Å². The highest BCUT2D eigenvalue weighted by Crippen LogP contribution is 2.24. The van der Waals surface area contributed by atoms with Gasteiger partial charge >= 0.3 is 0 Å². The Kier molecular flexibility index (Phi) is 5.85. The fraction of sp³-hybridized carbons (Fsp3) is 0.538. The van der Waals surface area contributed by atoms with Gasteiger partial charge in [-0.2, -0.15) is 0 Å². The maximum Gasteiger partial charge on any atom is 0.131 e. The Labute approximate surface area is 114 Å². The average Bonchev–Trinajstić information content (AvgIpc) is 2.32. The molecule has 1 fully saturated rings. The topological polar surface area (TPSA) is 38.5 Å². The lowest BCUT2D eigenvalue weighted by molar-refractivity contribution is 0.197. The molecule has 1 aliphatic rings. The number of nitrogens with two attached hydrogens (primary N) is 1. The van der Waals surface area contributed by atoms with E-state index in [0.29, 0.717) is 17.9 Å². The van der Waals surface area contributed by atoms with E-state index in [0.717, 1.165) is 25.9 Å². The fourth-order valence-electron chi connectivity index (χ4n) is 2.34. The summed E-state index contributed by atoms with van der Waals surface area (Å²) in [5.74, 6) is 0.410. The van der Waals surface area contributed by atoms with Crippen LogP contribution in [-0.2, 0) is 6.54 Å². The van der Waals surface area contributed by atoms with Crippen LogP contribution in [0.25, 0.3) is 0 Å². The lowest BCUT2D eigenvalue weighted by Gasteiger charge is -2.31. The summed E-state index contributed by atoms with van der Waals surface area (Å²) in [6.07, 6.45) is 2.14. The molecule has 3 nitrogen and oxygen atoms in total. The van der Waals surface area contributed by atoms with Crippen LogP contribution in [0.2, 0.25) is 0 Å². The third-order valence-electron chi connectivity index (χ3n) is 3.22. The monoisotopic (exact) mass is 274 g/mol. The molecule has 102 valence electrons. The molecule has 5 heteroatoms. The van der Waals surface area contributed by atoms with Crippen LogP contribution in [0.15, 0.2) is 18.2 Å². The fourth-order valence-corrected chi connectivity index (χ4v) is 2.34. The second kappa shape index (κ2) is 6.92. The molecule has 2 rings (SSSR count). The Morgan fingerprint density at radius 3 is 2.94 bits per heavy atom. The number of likely N-dealkylation sites (tertiary alicyclic amines) is 1. The van der Waals surface area contributed by atoms with Crippen LogP contribution in [0, 0.1) is 5.82 Å². The number of halogens is 2. The van der Waals surface area contributed by atoms with Gasteiger partial charge in [0, 0.05) is 24.7 Å². The van der Waals surface area contributed by atoms with Crippen molar-refractivity contribution in [1.82, 2.24) is 4.90 Å². The highest BCUT2D eigenvalue weighted by molar-refractivity contribution is 5.85. The first-order valence-electron chi connectivity index (χ1n) is 6.00. The lowest BCUT2D eigenvalue weighted by atomic mass is 10.1. The van der Waals surface area contributed by atoms with Crippen LogP contribution < -0.4 is 10.5 Å². The van der Waals surface area contributed by atoms with Crippen molar-refractivity contribution in [3.63, 3.8) is 0 Å². The SMILES string of the molecule is COc1cccc(F)c1CN1CCCC(N)C1.Cl. The van der Waals surface area contributed by atoms with Crippen molar-refractivity contribution in [2.45, 2.75) is 25.4 Å². The molecule has 1 saturated heterocycles. The molecule has 1 aromatic rings. The zero-order chi connectivity index (χ0) is 12.3. The average molecular weight is 275 g/mol. The number of rotatable bonds is 3. The Morgan fingerprint density at radius 1 is 1.50 bits per heavy atom. The van der Waals surface area contributed by atoms with Crippen molar-refractivity contribution in [1.29, 1.82) is 0 Å². The molecular formula is C13H20ClFN2O. The second-order valence-corrected chi connectivity index (χ2v) is 4.56. The van der Waals surface area contributed by atoms with E-state index in [4.69, 9.17) is 10.5 Å². The predicted molar refractivity (Wildman–Crippen MR) is 72.7 cm³/mol. The summed E-state index contributed by atoms with van der Waals surface area (Å²) in [5, 5.41) is 0. The van der Waals surface area contributed by atoms with E-state index in [-0.39, 0.29) is 24.3 Å². The first-order valence-corrected chi connectivity index (χ1v) is 6.00. The smallest absolute Gasteiger partial charge is 0.131 e. The Bertz CT molecular complexity index is 389. The molecular weight excluding hydrogens is 255 g/mol. The number of nitrogens with zero attached hydrogens (tertiary/aromatic N) is 1. The summed E-state index contributed by atoms with van der Waals surface area (Å²) >= 11 is 0. The number of ether oxygens (including phenoxy) is 1. The van der Waals surface area contributed by atoms with Gasteiger partial charge in [-0.05, 0) is 31.5 Å². The minimum absolute atomic E-state index is 0. The quantitative estimate of drug-likeness (QED) is 0.918. The minimum Gasteiger partial charge on any atom is -0.496 e. The van der Waals surface area contributed by atoms with E-state index >= 15 is 0 Å². The molecule has 0 amide bonds. The molecule has 1 unspecified atom stereocenters. The minimum atomic E-state index is -0.205. The molecule has 0 spiro atoms. The Hall–Kier alpha value is -0.840. The van der Waals surface area contributed by atoms with Crippen LogP contribution in [-0.4, -0.2) is 31.1 Å². The van der Waals surface area contributed by atoms with E-state index in [1.54, 1.807) is 19.2 Å². The van der Waals surface area contributed by atoms with Gasteiger partial charge in [-0.15, -0.1) is 12.4 Å². The number of hydrogen-bond acceptors (Lipinski definition) is 3. The van der Waals surface area contributed by atoms with Gasteiger partial charge in [0.25, 0.3) is 0 Å². The molecule has 0 aliphatic carbocycles. The van der Waals surface area contributed by atoms with Crippen LogP contribution in [0.3, 0.4) is 0 Å². The molecule has 0 radical (unpaired) electrons. The molecule has 0 saturated carbocycles. The summed E-state index contributed by atoms with van der Waals surface area (Å²) in [5.41, 5.74) is 6.55.